The van der Waals surface area contributed by atoms with Gasteiger partial charge in [-0.1, -0.05) is 45.1 Å². The van der Waals surface area contributed by atoms with E-state index in [9.17, 15) is 9.59 Å². The van der Waals surface area contributed by atoms with Crippen molar-refractivity contribution >= 4 is 12.2 Å². The maximum absolute atomic E-state index is 12.3. The molecule has 5 heteroatoms. The summed E-state index contributed by atoms with van der Waals surface area (Å²) >= 11 is 0. The fourth-order valence-corrected chi connectivity index (χ4v) is 3.82. The van der Waals surface area contributed by atoms with Crippen molar-refractivity contribution in [1.82, 2.24) is 16.0 Å². The summed E-state index contributed by atoms with van der Waals surface area (Å²) < 4.78 is 0. The minimum Gasteiger partial charge on any atom is -0.389 e. The molecule has 1 aliphatic carbocycles. The van der Waals surface area contributed by atoms with Crippen molar-refractivity contribution in [2.24, 2.45) is 11.3 Å². The first-order valence-electron chi connectivity index (χ1n) is 10.8. The number of likely N-dealkylation sites (N-methyl/N-ethyl adjacent to an activating group) is 1. The van der Waals surface area contributed by atoms with Gasteiger partial charge in [-0.05, 0) is 63.3 Å². The molecule has 5 nitrogen and oxygen atoms in total. The first-order chi connectivity index (χ1) is 14.0. The Kier molecular flexibility index (Phi) is 11.3. The predicted octanol–water partition coefficient (Wildman–Crippen LogP) is 4.01. The third kappa shape index (κ3) is 7.00. The molecule has 2 unspecified atom stereocenters. The van der Waals surface area contributed by atoms with Crippen LogP contribution >= 0.6 is 0 Å². The summed E-state index contributed by atoms with van der Waals surface area (Å²) in [6.45, 7) is 12.3. The number of hydrogen-bond donors (Lipinski definition) is 3. The number of carbonyl (C=O) groups is 2. The van der Waals surface area contributed by atoms with Crippen LogP contribution in [0.5, 0.6) is 0 Å². The molecular weight excluding hydrogens is 362 g/mol. The van der Waals surface area contributed by atoms with Crippen molar-refractivity contribution in [3.05, 3.63) is 47.9 Å². The third-order valence-electron chi connectivity index (χ3n) is 5.38. The number of amides is 1. The molecule has 2 atom stereocenters. The quantitative estimate of drug-likeness (QED) is 0.492. The average Bonchev–Trinajstić information content (AvgIpc) is 3.31. The number of hydrogen-bond acceptors (Lipinski definition) is 4. The first-order valence-corrected chi connectivity index (χ1v) is 10.8. The number of allylic oxidation sites excluding steroid dienone is 5. The Bertz CT molecular complexity index is 643. The minimum absolute atomic E-state index is 0.120. The SMILES string of the molecule is C=C(/C=C1/NC(=O)C2(CC=CCC2)/C1=C/C)NC.CCC.O=CCC1CCNC1. The molecule has 0 aromatic heterocycles. The van der Waals surface area contributed by atoms with E-state index in [2.05, 4.69) is 48.5 Å². The van der Waals surface area contributed by atoms with Crippen LogP contribution in [0, 0.1) is 11.3 Å². The average molecular weight is 402 g/mol. The maximum atomic E-state index is 12.3. The zero-order valence-electron chi connectivity index (χ0n) is 18.6. The molecule has 3 N–H and O–H groups in total. The molecule has 2 heterocycles. The predicted molar refractivity (Wildman–Crippen MR) is 121 cm³/mol. The standard InChI is InChI=1S/C15H20N2O.C6H11NO.C3H8/c1-4-12-13(10-11(2)16-3)17-14(18)15(12)8-6-5-7-9-15;8-4-2-6-1-3-7-5-6;1-3-2/h4-6,10,16H,2,7-9H2,1,3H3,(H,17,18);4,6-7H,1-3,5H2;3H2,1-2H3/b12-4+,13-10+;;. The lowest BCUT2D eigenvalue weighted by Gasteiger charge is -2.28. The van der Waals surface area contributed by atoms with Gasteiger partial charge in [0.05, 0.1) is 5.41 Å². The largest absolute Gasteiger partial charge is 0.389 e. The number of carbonyl (C=O) groups excluding carboxylic acids is 2. The summed E-state index contributed by atoms with van der Waals surface area (Å²) in [5.41, 5.74) is 2.43. The van der Waals surface area contributed by atoms with Gasteiger partial charge in [-0.15, -0.1) is 0 Å². The zero-order valence-corrected chi connectivity index (χ0v) is 18.6. The molecule has 2 saturated heterocycles. The molecule has 2 aliphatic heterocycles. The number of nitrogens with one attached hydrogen (secondary N) is 3. The van der Waals surface area contributed by atoms with Crippen molar-refractivity contribution < 1.29 is 9.59 Å². The van der Waals surface area contributed by atoms with Crippen LogP contribution < -0.4 is 16.0 Å². The Morgan fingerprint density at radius 1 is 1.38 bits per heavy atom. The molecular formula is C24H39N3O2. The van der Waals surface area contributed by atoms with E-state index in [4.69, 9.17) is 0 Å². The van der Waals surface area contributed by atoms with Gasteiger partial charge in [-0.3, -0.25) is 4.79 Å². The minimum atomic E-state index is -0.358. The Labute approximate surface area is 176 Å². The van der Waals surface area contributed by atoms with Crippen LogP contribution in [0.15, 0.2) is 47.9 Å². The molecule has 3 rings (SSSR count). The first kappa shape index (κ1) is 24.9. The van der Waals surface area contributed by atoms with Gasteiger partial charge in [-0.2, -0.15) is 0 Å². The Morgan fingerprint density at radius 2 is 2.10 bits per heavy atom. The Balaban J connectivity index is 0.000000317. The van der Waals surface area contributed by atoms with Gasteiger partial charge in [0.15, 0.2) is 0 Å². The summed E-state index contributed by atoms with van der Waals surface area (Å²) in [5.74, 6) is 0.752. The van der Waals surface area contributed by atoms with Gasteiger partial charge >= 0.3 is 0 Å². The molecule has 2 fully saturated rings. The van der Waals surface area contributed by atoms with Gasteiger partial charge in [0.1, 0.15) is 6.29 Å². The molecule has 0 aromatic rings. The van der Waals surface area contributed by atoms with E-state index >= 15 is 0 Å². The van der Waals surface area contributed by atoms with Crippen LogP contribution in [-0.4, -0.2) is 32.3 Å². The van der Waals surface area contributed by atoms with E-state index in [1.165, 1.54) is 12.8 Å². The summed E-state index contributed by atoms with van der Waals surface area (Å²) in [7, 11) is 1.82. The van der Waals surface area contributed by atoms with Gasteiger partial charge in [0, 0.05) is 24.9 Å². The molecule has 1 spiro atoms. The number of aldehydes is 1. The fourth-order valence-electron chi connectivity index (χ4n) is 3.82. The molecule has 0 bridgehead atoms. The smallest absolute Gasteiger partial charge is 0.235 e. The highest BCUT2D eigenvalue weighted by atomic mass is 16.2. The van der Waals surface area contributed by atoms with Crippen LogP contribution in [0.4, 0.5) is 0 Å². The van der Waals surface area contributed by atoms with Gasteiger partial charge in [0.2, 0.25) is 5.91 Å². The van der Waals surface area contributed by atoms with Crippen LogP contribution in [0.25, 0.3) is 0 Å². The van der Waals surface area contributed by atoms with Gasteiger partial charge in [0.25, 0.3) is 0 Å². The van der Waals surface area contributed by atoms with E-state index in [0.29, 0.717) is 5.92 Å². The highest BCUT2D eigenvalue weighted by Crippen LogP contribution is 2.46. The van der Waals surface area contributed by atoms with Crippen molar-refractivity contribution in [2.75, 3.05) is 20.1 Å². The van der Waals surface area contributed by atoms with E-state index < -0.39 is 0 Å². The zero-order chi connectivity index (χ0) is 21.7. The van der Waals surface area contributed by atoms with E-state index in [1.54, 1.807) is 0 Å². The van der Waals surface area contributed by atoms with Crippen molar-refractivity contribution in [2.45, 2.75) is 59.3 Å². The van der Waals surface area contributed by atoms with Crippen LogP contribution in [0.2, 0.25) is 0 Å². The molecule has 0 saturated carbocycles. The lowest BCUT2D eigenvalue weighted by atomic mass is 9.72. The molecule has 162 valence electrons. The fraction of sp³-hybridized carbons (Fsp3) is 0.583. The second-order valence-corrected chi connectivity index (χ2v) is 7.75. The second-order valence-electron chi connectivity index (χ2n) is 7.75. The third-order valence-corrected chi connectivity index (χ3v) is 5.38. The van der Waals surface area contributed by atoms with Crippen molar-refractivity contribution in [3.8, 4) is 0 Å². The van der Waals surface area contributed by atoms with Gasteiger partial charge < -0.3 is 20.7 Å². The molecule has 1 amide bonds. The highest BCUT2D eigenvalue weighted by Gasteiger charge is 2.47. The normalized spacial score (nSPS) is 27.7. The lowest BCUT2D eigenvalue weighted by molar-refractivity contribution is -0.126. The van der Waals surface area contributed by atoms with Crippen molar-refractivity contribution in [1.29, 1.82) is 0 Å². The Hall–Kier alpha value is -2.14. The number of rotatable bonds is 4. The van der Waals surface area contributed by atoms with Crippen LogP contribution in [0.1, 0.15) is 59.3 Å². The highest BCUT2D eigenvalue weighted by molar-refractivity contribution is 5.94. The van der Waals surface area contributed by atoms with E-state index in [-0.39, 0.29) is 11.3 Å². The molecule has 0 radical (unpaired) electrons. The van der Waals surface area contributed by atoms with Gasteiger partial charge in [-0.25, -0.2) is 0 Å². The monoisotopic (exact) mass is 401 g/mol. The summed E-state index contributed by atoms with van der Waals surface area (Å²) in [4.78, 5) is 22.3. The summed E-state index contributed by atoms with van der Waals surface area (Å²) in [6, 6.07) is 0. The topological polar surface area (TPSA) is 70.2 Å². The van der Waals surface area contributed by atoms with Crippen LogP contribution in [-0.2, 0) is 9.59 Å². The summed E-state index contributed by atoms with van der Waals surface area (Å²) in [5, 5.41) is 9.18. The van der Waals surface area contributed by atoms with E-state index in [1.807, 2.05) is 26.1 Å². The lowest BCUT2D eigenvalue weighted by Crippen LogP contribution is -2.32. The van der Waals surface area contributed by atoms with E-state index in [0.717, 1.165) is 62.0 Å². The maximum Gasteiger partial charge on any atom is 0.235 e. The summed E-state index contributed by atoms with van der Waals surface area (Å²) in [6.07, 6.45) is 15.0. The second kappa shape index (κ2) is 13.2. The van der Waals surface area contributed by atoms with Crippen molar-refractivity contribution in [3.63, 3.8) is 0 Å². The Morgan fingerprint density at radius 3 is 2.59 bits per heavy atom. The molecule has 0 aromatic carbocycles. The van der Waals surface area contributed by atoms with Crippen LogP contribution in [0.3, 0.4) is 0 Å². The molecule has 3 aliphatic rings. The molecule has 29 heavy (non-hydrogen) atoms.